The highest BCUT2D eigenvalue weighted by molar-refractivity contribution is 5.75. The van der Waals surface area contributed by atoms with Gasteiger partial charge in [0.2, 0.25) is 0 Å². The van der Waals surface area contributed by atoms with Gasteiger partial charge in [-0.05, 0) is 37.0 Å². The van der Waals surface area contributed by atoms with Crippen LogP contribution >= 0.6 is 0 Å². The Morgan fingerprint density at radius 1 is 1.50 bits per heavy atom. The van der Waals surface area contributed by atoms with Gasteiger partial charge in [-0.3, -0.25) is 0 Å². The summed E-state index contributed by atoms with van der Waals surface area (Å²) in [6, 6.07) is 0. The second kappa shape index (κ2) is 4.29. The van der Waals surface area contributed by atoms with Gasteiger partial charge in [0.1, 0.15) is 5.78 Å². The maximum atomic E-state index is 11.0. The quantitative estimate of drug-likeness (QED) is 0.627. The van der Waals surface area contributed by atoms with Crippen LogP contribution in [0, 0.1) is 17.3 Å². The molecule has 0 spiro atoms. The van der Waals surface area contributed by atoms with E-state index in [1.807, 2.05) is 0 Å². The molecular weight excluding hydrogens is 172 g/mol. The van der Waals surface area contributed by atoms with Gasteiger partial charge in [0, 0.05) is 6.42 Å². The van der Waals surface area contributed by atoms with Gasteiger partial charge in [0.05, 0.1) is 0 Å². The molecule has 0 heterocycles. The fraction of sp³-hybridized carbons (Fsp3) is 0.769. The zero-order chi connectivity index (χ0) is 10.8. The molecule has 1 rings (SSSR count). The summed E-state index contributed by atoms with van der Waals surface area (Å²) >= 11 is 0. The fourth-order valence-electron chi connectivity index (χ4n) is 2.60. The van der Waals surface area contributed by atoms with E-state index in [1.54, 1.807) is 6.92 Å². The fourth-order valence-corrected chi connectivity index (χ4v) is 2.60. The number of Topliss-reactive ketones (excluding diaryl/α,β-unsaturated/α-hetero) is 1. The summed E-state index contributed by atoms with van der Waals surface area (Å²) in [5.74, 6) is 1.61. The maximum Gasteiger partial charge on any atom is 0.129 e. The lowest BCUT2D eigenvalue weighted by Gasteiger charge is -2.40. The third-order valence-electron chi connectivity index (χ3n) is 3.53. The first-order chi connectivity index (χ1) is 6.43. The van der Waals surface area contributed by atoms with E-state index in [2.05, 4.69) is 32.9 Å². The first-order valence-corrected chi connectivity index (χ1v) is 5.59. The highest BCUT2D eigenvalue weighted by Crippen LogP contribution is 2.42. The normalized spacial score (nSPS) is 30.3. The van der Waals surface area contributed by atoms with Gasteiger partial charge in [-0.25, -0.2) is 0 Å². The Kier molecular flexibility index (Phi) is 3.52. The molecule has 0 fully saturated rings. The van der Waals surface area contributed by atoms with Crippen molar-refractivity contribution < 1.29 is 4.79 Å². The van der Waals surface area contributed by atoms with Crippen LogP contribution in [0.2, 0.25) is 0 Å². The molecule has 0 aromatic rings. The molecule has 0 aliphatic heterocycles. The number of carbonyl (C=O) groups is 1. The van der Waals surface area contributed by atoms with E-state index in [-0.39, 0.29) is 0 Å². The molecule has 1 nitrogen and oxygen atoms in total. The van der Waals surface area contributed by atoms with E-state index >= 15 is 0 Å². The molecule has 2 unspecified atom stereocenters. The molecule has 1 heteroatoms. The molecule has 0 aromatic carbocycles. The molecule has 0 saturated carbocycles. The van der Waals surface area contributed by atoms with Crippen molar-refractivity contribution in [3.8, 4) is 0 Å². The maximum absolute atomic E-state index is 11.0. The van der Waals surface area contributed by atoms with Crippen molar-refractivity contribution in [3.05, 3.63) is 12.2 Å². The topological polar surface area (TPSA) is 17.1 Å². The Morgan fingerprint density at radius 3 is 2.64 bits per heavy atom. The summed E-state index contributed by atoms with van der Waals surface area (Å²) in [5, 5.41) is 0. The first-order valence-electron chi connectivity index (χ1n) is 5.59. The van der Waals surface area contributed by atoms with Gasteiger partial charge in [-0.1, -0.05) is 32.9 Å². The number of ketones is 1. The number of allylic oxidation sites excluding steroid dienone is 2. The number of rotatable bonds is 3. The van der Waals surface area contributed by atoms with E-state index in [0.717, 1.165) is 19.3 Å². The van der Waals surface area contributed by atoms with Crippen molar-refractivity contribution >= 4 is 5.78 Å². The van der Waals surface area contributed by atoms with Crippen LogP contribution in [0.1, 0.15) is 47.0 Å². The van der Waals surface area contributed by atoms with Crippen molar-refractivity contribution in [1.82, 2.24) is 0 Å². The minimum absolute atomic E-state index is 0.322. The molecule has 0 aromatic heterocycles. The van der Waals surface area contributed by atoms with Crippen LogP contribution in [-0.2, 0) is 4.79 Å². The van der Waals surface area contributed by atoms with Gasteiger partial charge in [0.25, 0.3) is 0 Å². The molecule has 2 atom stereocenters. The van der Waals surface area contributed by atoms with Crippen molar-refractivity contribution in [2.45, 2.75) is 47.0 Å². The highest BCUT2D eigenvalue weighted by Gasteiger charge is 2.33. The monoisotopic (exact) mass is 194 g/mol. The van der Waals surface area contributed by atoms with E-state index in [1.165, 1.54) is 0 Å². The van der Waals surface area contributed by atoms with E-state index < -0.39 is 0 Å². The zero-order valence-corrected chi connectivity index (χ0v) is 9.84. The molecule has 80 valence electrons. The minimum Gasteiger partial charge on any atom is -0.300 e. The van der Waals surface area contributed by atoms with E-state index in [0.29, 0.717) is 23.0 Å². The Labute approximate surface area is 87.6 Å². The first kappa shape index (κ1) is 11.5. The highest BCUT2D eigenvalue weighted by atomic mass is 16.1. The van der Waals surface area contributed by atoms with Crippen LogP contribution in [0.25, 0.3) is 0 Å². The summed E-state index contributed by atoms with van der Waals surface area (Å²) in [5.41, 5.74) is 0.365. The summed E-state index contributed by atoms with van der Waals surface area (Å²) in [6.07, 6.45) is 7.53. The largest absolute Gasteiger partial charge is 0.300 e. The van der Waals surface area contributed by atoms with Gasteiger partial charge in [-0.2, -0.15) is 0 Å². The molecule has 0 N–H and O–H groups in total. The molecule has 1 aliphatic rings. The lowest BCUT2D eigenvalue weighted by Crippen LogP contribution is -2.31. The zero-order valence-electron chi connectivity index (χ0n) is 9.84. The predicted octanol–water partition coefficient (Wildman–Crippen LogP) is 3.59. The Hall–Kier alpha value is -0.590. The van der Waals surface area contributed by atoms with Crippen LogP contribution in [0.3, 0.4) is 0 Å². The summed E-state index contributed by atoms with van der Waals surface area (Å²) < 4.78 is 0. The average Bonchev–Trinajstić information content (AvgIpc) is 2.01. The molecular formula is C13H22O. The molecule has 0 radical (unpaired) electrons. The van der Waals surface area contributed by atoms with Crippen LogP contribution in [0.4, 0.5) is 0 Å². The third-order valence-corrected chi connectivity index (χ3v) is 3.53. The Bertz CT molecular complexity index is 238. The van der Waals surface area contributed by atoms with E-state index in [4.69, 9.17) is 0 Å². The molecule has 14 heavy (non-hydrogen) atoms. The van der Waals surface area contributed by atoms with Gasteiger partial charge >= 0.3 is 0 Å². The minimum atomic E-state index is 0.322. The van der Waals surface area contributed by atoms with Crippen molar-refractivity contribution in [2.75, 3.05) is 0 Å². The molecule has 0 amide bonds. The van der Waals surface area contributed by atoms with Crippen molar-refractivity contribution in [3.63, 3.8) is 0 Å². The second-order valence-corrected chi connectivity index (χ2v) is 5.33. The van der Waals surface area contributed by atoms with Crippen LogP contribution in [-0.4, -0.2) is 5.78 Å². The number of hydrogen-bond donors (Lipinski definition) is 0. The molecule has 0 bridgehead atoms. The van der Waals surface area contributed by atoms with Crippen molar-refractivity contribution in [2.24, 2.45) is 17.3 Å². The van der Waals surface area contributed by atoms with Crippen LogP contribution in [0.5, 0.6) is 0 Å². The molecule has 0 saturated heterocycles. The van der Waals surface area contributed by atoms with Crippen molar-refractivity contribution in [1.29, 1.82) is 0 Å². The standard InChI is InChI=1S/C13H22O/c1-10-6-5-9-13(3,4)12(10)8-7-11(2)14/h5-6,10,12H,7-9H2,1-4H3. The van der Waals surface area contributed by atoms with Gasteiger partial charge in [-0.15, -0.1) is 0 Å². The SMILES string of the molecule is CC(=O)CCC1C(C)C=CCC1(C)C. The molecule has 1 aliphatic carbocycles. The van der Waals surface area contributed by atoms with E-state index in [9.17, 15) is 4.79 Å². The second-order valence-electron chi connectivity index (χ2n) is 5.33. The number of hydrogen-bond acceptors (Lipinski definition) is 1. The lowest BCUT2D eigenvalue weighted by molar-refractivity contribution is -0.117. The van der Waals surface area contributed by atoms with Gasteiger partial charge in [0.15, 0.2) is 0 Å². The Balaban J connectivity index is 2.63. The summed E-state index contributed by atoms with van der Waals surface area (Å²) in [7, 11) is 0. The smallest absolute Gasteiger partial charge is 0.129 e. The number of carbonyl (C=O) groups excluding carboxylic acids is 1. The summed E-state index contributed by atoms with van der Waals surface area (Å²) in [6.45, 7) is 8.59. The predicted molar refractivity (Wildman–Crippen MR) is 60.1 cm³/mol. The Morgan fingerprint density at radius 2 is 2.14 bits per heavy atom. The van der Waals surface area contributed by atoms with Crippen LogP contribution in [0.15, 0.2) is 12.2 Å². The van der Waals surface area contributed by atoms with Crippen LogP contribution < -0.4 is 0 Å². The lowest BCUT2D eigenvalue weighted by atomic mass is 9.65. The third kappa shape index (κ3) is 2.70. The summed E-state index contributed by atoms with van der Waals surface area (Å²) in [4.78, 5) is 11.0. The van der Waals surface area contributed by atoms with Gasteiger partial charge < -0.3 is 4.79 Å². The average molecular weight is 194 g/mol.